The molecule has 0 bridgehead atoms. The van der Waals surface area contributed by atoms with E-state index >= 15 is 0 Å². The van der Waals surface area contributed by atoms with E-state index in [2.05, 4.69) is 21.4 Å². The van der Waals surface area contributed by atoms with Crippen LogP contribution in [-0.2, 0) is 0 Å². The van der Waals surface area contributed by atoms with Crippen molar-refractivity contribution in [2.45, 2.75) is 12.8 Å². The fraction of sp³-hybridized carbons (Fsp3) is 0.333. The second-order valence-electron chi connectivity index (χ2n) is 2.40. The molecule has 0 amide bonds. The number of allylic oxidation sites excluding steroid dienone is 1. The Balaban J connectivity index is 0.000000120. The quantitative estimate of drug-likeness (QED) is 0.627. The number of rotatable bonds is 0. The Labute approximate surface area is 72.6 Å². The average Bonchev–Trinajstić information content (AvgIpc) is 2.24. The SMILES string of the molecule is C1=CNCCC1.c1cncnc1. The molecule has 1 N–H and O–H groups in total. The first-order chi connectivity index (χ1) is 6.00. The van der Waals surface area contributed by atoms with E-state index in [1.54, 1.807) is 18.5 Å². The summed E-state index contributed by atoms with van der Waals surface area (Å²) in [5, 5.41) is 3.10. The fourth-order valence-corrected chi connectivity index (χ4v) is 0.825. The van der Waals surface area contributed by atoms with E-state index in [1.807, 2.05) is 6.20 Å². The molecule has 0 unspecified atom stereocenters. The lowest BCUT2D eigenvalue weighted by molar-refractivity contribution is 0.728. The molecule has 0 spiro atoms. The molecular formula is C9H13N3. The smallest absolute Gasteiger partial charge is 0.115 e. The zero-order valence-electron chi connectivity index (χ0n) is 6.98. The number of hydrogen-bond acceptors (Lipinski definition) is 3. The predicted molar refractivity (Wildman–Crippen MR) is 48.4 cm³/mol. The lowest BCUT2D eigenvalue weighted by Gasteiger charge is -2.02. The van der Waals surface area contributed by atoms with Crippen LogP contribution < -0.4 is 5.32 Å². The van der Waals surface area contributed by atoms with E-state index in [0.717, 1.165) is 6.54 Å². The molecule has 3 heteroatoms. The van der Waals surface area contributed by atoms with Gasteiger partial charge in [-0.05, 0) is 25.1 Å². The molecule has 0 fully saturated rings. The molecule has 0 saturated carbocycles. The normalized spacial score (nSPS) is 14.0. The predicted octanol–water partition coefficient (Wildman–Crippen LogP) is 1.36. The van der Waals surface area contributed by atoms with Gasteiger partial charge in [0.15, 0.2) is 0 Å². The summed E-state index contributed by atoms with van der Waals surface area (Å²) in [6.07, 6.45) is 11.6. The van der Waals surface area contributed by atoms with Crippen molar-refractivity contribution < 1.29 is 0 Å². The minimum absolute atomic E-state index is 1.16. The zero-order valence-corrected chi connectivity index (χ0v) is 6.98. The highest BCUT2D eigenvalue weighted by atomic mass is 14.8. The number of nitrogens with zero attached hydrogens (tertiary/aromatic N) is 2. The van der Waals surface area contributed by atoms with Crippen molar-refractivity contribution in [3.8, 4) is 0 Å². The minimum Gasteiger partial charge on any atom is -0.391 e. The summed E-state index contributed by atoms with van der Waals surface area (Å²) in [6, 6.07) is 1.78. The summed E-state index contributed by atoms with van der Waals surface area (Å²) in [5.41, 5.74) is 0. The second-order valence-corrected chi connectivity index (χ2v) is 2.40. The third-order valence-electron chi connectivity index (χ3n) is 1.41. The fourth-order valence-electron chi connectivity index (χ4n) is 0.825. The van der Waals surface area contributed by atoms with Crippen LogP contribution in [0.25, 0.3) is 0 Å². The van der Waals surface area contributed by atoms with Gasteiger partial charge in [-0.25, -0.2) is 9.97 Å². The second kappa shape index (κ2) is 6.34. The van der Waals surface area contributed by atoms with Crippen LogP contribution >= 0.6 is 0 Å². The van der Waals surface area contributed by atoms with Gasteiger partial charge in [-0.3, -0.25) is 0 Å². The lowest BCUT2D eigenvalue weighted by Crippen LogP contribution is -2.09. The van der Waals surface area contributed by atoms with Gasteiger partial charge in [0.2, 0.25) is 0 Å². The van der Waals surface area contributed by atoms with Crippen molar-refractivity contribution in [2.75, 3.05) is 6.54 Å². The summed E-state index contributed by atoms with van der Waals surface area (Å²) >= 11 is 0. The molecule has 0 saturated heterocycles. The Morgan fingerprint density at radius 2 is 2.00 bits per heavy atom. The number of aromatic nitrogens is 2. The minimum atomic E-state index is 1.16. The molecule has 12 heavy (non-hydrogen) atoms. The van der Waals surface area contributed by atoms with Gasteiger partial charge in [-0.2, -0.15) is 0 Å². The Kier molecular flexibility index (Phi) is 4.60. The van der Waals surface area contributed by atoms with Crippen molar-refractivity contribution in [3.63, 3.8) is 0 Å². The summed E-state index contributed by atoms with van der Waals surface area (Å²) in [7, 11) is 0. The van der Waals surface area contributed by atoms with Crippen molar-refractivity contribution in [3.05, 3.63) is 37.1 Å². The third kappa shape index (κ3) is 4.44. The molecule has 1 aromatic heterocycles. The van der Waals surface area contributed by atoms with Crippen molar-refractivity contribution in [1.29, 1.82) is 0 Å². The van der Waals surface area contributed by atoms with Crippen molar-refractivity contribution in [2.24, 2.45) is 0 Å². The summed E-state index contributed by atoms with van der Waals surface area (Å²) < 4.78 is 0. The van der Waals surface area contributed by atoms with Crippen LogP contribution in [0.5, 0.6) is 0 Å². The third-order valence-corrected chi connectivity index (χ3v) is 1.41. The molecule has 0 aliphatic carbocycles. The van der Waals surface area contributed by atoms with Gasteiger partial charge < -0.3 is 5.32 Å². The maximum Gasteiger partial charge on any atom is 0.115 e. The number of nitrogens with one attached hydrogen (secondary N) is 1. The van der Waals surface area contributed by atoms with Crippen LogP contribution in [0.3, 0.4) is 0 Å². The highest BCUT2D eigenvalue weighted by Crippen LogP contribution is 1.91. The monoisotopic (exact) mass is 163 g/mol. The maximum absolute atomic E-state index is 3.67. The first kappa shape index (κ1) is 8.71. The zero-order chi connectivity index (χ0) is 8.49. The van der Waals surface area contributed by atoms with Gasteiger partial charge in [0.25, 0.3) is 0 Å². The number of hydrogen-bond donors (Lipinski definition) is 1. The van der Waals surface area contributed by atoms with Crippen LogP contribution in [0.4, 0.5) is 0 Å². The molecule has 0 aromatic carbocycles. The van der Waals surface area contributed by atoms with Crippen LogP contribution in [0.15, 0.2) is 37.1 Å². The van der Waals surface area contributed by atoms with Crippen molar-refractivity contribution >= 4 is 0 Å². The van der Waals surface area contributed by atoms with Gasteiger partial charge in [0.1, 0.15) is 6.33 Å². The molecule has 2 heterocycles. The summed E-state index contributed by atoms with van der Waals surface area (Å²) in [4.78, 5) is 7.35. The molecule has 1 aliphatic rings. The van der Waals surface area contributed by atoms with Crippen LogP contribution in [0, 0.1) is 0 Å². The van der Waals surface area contributed by atoms with E-state index in [9.17, 15) is 0 Å². The topological polar surface area (TPSA) is 37.8 Å². The molecule has 1 aromatic rings. The van der Waals surface area contributed by atoms with Crippen LogP contribution in [0.2, 0.25) is 0 Å². The Morgan fingerprint density at radius 1 is 1.17 bits per heavy atom. The average molecular weight is 163 g/mol. The largest absolute Gasteiger partial charge is 0.391 e. The first-order valence-corrected chi connectivity index (χ1v) is 4.08. The lowest BCUT2D eigenvalue weighted by atomic mass is 10.2. The van der Waals surface area contributed by atoms with Crippen LogP contribution in [-0.4, -0.2) is 16.5 Å². The van der Waals surface area contributed by atoms with E-state index in [1.165, 1.54) is 19.2 Å². The Hall–Kier alpha value is -1.38. The van der Waals surface area contributed by atoms with Crippen molar-refractivity contribution in [1.82, 2.24) is 15.3 Å². The van der Waals surface area contributed by atoms with E-state index in [4.69, 9.17) is 0 Å². The summed E-state index contributed by atoms with van der Waals surface area (Å²) in [5.74, 6) is 0. The van der Waals surface area contributed by atoms with Gasteiger partial charge >= 0.3 is 0 Å². The van der Waals surface area contributed by atoms with Gasteiger partial charge in [-0.1, -0.05) is 6.08 Å². The van der Waals surface area contributed by atoms with Gasteiger partial charge in [-0.15, -0.1) is 0 Å². The Bertz CT molecular complexity index is 174. The van der Waals surface area contributed by atoms with E-state index in [-0.39, 0.29) is 0 Å². The molecule has 1 aliphatic heterocycles. The van der Waals surface area contributed by atoms with E-state index in [0.29, 0.717) is 0 Å². The molecule has 0 radical (unpaired) electrons. The van der Waals surface area contributed by atoms with Gasteiger partial charge in [0.05, 0.1) is 0 Å². The molecule has 0 atom stereocenters. The highest BCUT2D eigenvalue weighted by Gasteiger charge is 1.84. The standard InChI is InChI=1S/C5H9N.C4H4N2/c1-2-4-6-5-3-1;1-2-5-4-6-3-1/h2,4,6H,1,3,5H2;1-4H. The molecular weight excluding hydrogens is 150 g/mol. The van der Waals surface area contributed by atoms with E-state index < -0.39 is 0 Å². The Morgan fingerprint density at radius 3 is 2.17 bits per heavy atom. The highest BCUT2D eigenvalue weighted by molar-refractivity contribution is 4.83. The van der Waals surface area contributed by atoms with Gasteiger partial charge in [0, 0.05) is 18.9 Å². The molecule has 3 nitrogen and oxygen atoms in total. The molecule has 2 rings (SSSR count). The maximum atomic E-state index is 3.67. The molecule has 64 valence electrons. The van der Waals surface area contributed by atoms with Crippen LogP contribution in [0.1, 0.15) is 12.8 Å². The first-order valence-electron chi connectivity index (χ1n) is 4.08. The summed E-state index contributed by atoms with van der Waals surface area (Å²) in [6.45, 7) is 1.16.